The van der Waals surface area contributed by atoms with Crippen LogP contribution in [0.4, 0.5) is 0 Å². The quantitative estimate of drug-likeness (QED) is 0.404. The zero-order valence-corrected chi connectivity index (χ0v) is 23.0. The summed E-state index contributed by atoms with van der Waals surface area (Å²) in [5.74, 6) is 0.877. The first-order valence-electron chi connectivity index (χ1n) is 14.3. The van der Waals surface area contributed by atoms with Gasteiger partial charge in [-0.3, -0.25) is 4.90 Å². The van der Waals surface area contributed by atoms with Gasteiger partial charge in [0.05, 0.1) is 6.04 Å². The summed E-state index contributed by atoms with van der Waals surface area (Å²) in [5.41, 5.74) is 4.04. The van der Waals surface area contributed by atoms with E-state index in [0.717, 1.165) is 39.3 Å². The molecule has 3 aromatic carbocycles. The first-order chi connectivity index (χ1) is 19.1. The molecule has 1 fully saturated rings. The predicted molar refractivity (Wildman–Crippen MR) is 165 cm³/mol. The Morgan fingerprint density at radius 1 is 0.974 bits per heavy atom. The van der Waals surface area contributed by atoms with Crippen LogP contribution in [0.3, 0.4) is 0 Å². The van der Waals surface area contributed by atoms with Gasteiger partial charge in [-0.25, -0.2) is 0 Å². The monoisotopic (exact) mass is 513 g/mol. The summed E-state index contributed by atoms with van der Waals surface area (Å²) in [7, 11) is 0. The SMILES string of the molecule is C=CN1CCN(CC2=c3ccccc3=CC3C=CC=CC23)CC1C(=C)N(CC)Cc1ccc2ccccc2c1. The van der Waals surface area contributed by atoms with Crippen molar-refractivity contribution in [1.82, 2.24) is 14.7 Å². The van der Waals surface area contributed by atoms with E-state index in [-0.39, 0.29) is 6.04 Å². The molecule has 1 aliphatic heterocycles. The van der Waals surface area contributed by atoms with Crippen molar-refractivity contribution < 1.29 is 0 Å². The number of hydrogen-bond acceptors (Lipinski definition) is 3. The highest BCUT2D eigenvalue weighted by Crippen LogP contribution is 2.31. The van der Waals surface area contributed by atoms with E-state index in [9.17, 15) is 0 Å². The maximum absolute atomic E-state index is 4.67. The molecule has 6 rings (SSSR count). The Labute approximate surface area is 233 Å². The minimum atomic E-state index is 0.209. The van der Waals surface area contributed by atoms with E-state index in [1.807, 2.05) is 6.20 Å². The average molecular weight is 514 g/mol. The second-order valence-corrected chi connectivity index (χ2v) is 11.0. The van der Waals surface area contributed by atoms with E-state index in [1.54, 1.807) is 5.57 Å². The van der Waals surface area contributed by atoms with Crippen molar-refractivity contribution >= 4 is 22.4 Å². The fourth-order valence-electron chi connectivity index (χ4n) is 6.58. The highest BCUT2D eigenvalue weighted by molar-refractivity contribution is 5.83. The number of fused-ring (bicyclic) bond motifs is 3. The molecule has 0 bridgehead atoms. The normalized spacial score (nSPS) is 22.2. The van der Waals surface area contributed by atoms with Crippen molar-refractivity contribution in [2.75, 3.05) is 32.7 Å². The lowest BCUT2D eigenvalue weighted by atomic mass is 9.78. The maximum atomic E-state index is 4.67. The molecular weight excluding hydrogens is 474 g/mol. The van der Waals surface area contributed by atoms with Gasteiger partial charge in [0.15, 0.2) is 0 Å². The Morgan fingerprint density at radius 3 is 2.62 bits per heavy atom. The molecule has 0 saturated carbocycles. The predicted octanol–water partition coefficient (Wildman–Crippen LogP) is 5.31. The van der Waals surface area contributed by atoms with E-state index >= 15 is 0 Å². The summed E-state index contributed by atoms with van der Waals surface area (Å²) < 4.78 is 0. The van der Waals surface area contributed by atoms with Crippen LogP contribution in [0.25, 0.3) is 22.4 Å². The van der Waals surface area contributed by atoms with E-state index in [0.29, 0.717) is 11.8 Å². The van der Waals surface area contributed by atoms with E-state index in [2.05, 4.69) is 132 Å². The fraction of sp³-hybridized carbons (Fsp3) is 0.278. The van der Waals surface area contributed by atoms with Crippen LogP contribution in [-0.2, 0) is 6.54 Å². The van der Waals surface area contributed by atoms with Crippen molar-refractivity contribution in [3.8, 4) is 0 Å². The molecule has 0 aromatic heterocycles. The van der Waals surface area contributed by atoms with Crippen LogP contribution < -0.4 is 10.4 Å². The van der Waals surface area contributed by atoms with Crippen LogP contribution in [0.5, 0.6) is 0 Å². The van der Waals surface area contributed by atoms with Crippen LogP contribution in [0.2, 0.25) is 0 Å². The van der Waals surface area contributed by atoms with E-state index in [4.69, 9.17) is 0 Å². The topological polar surface area (TPSA) is 9.72 Å². The minimum Gasteiger partial charge on any atom is -0.370 e. The molecule has 1 saturated heterocycles. The lowest BCUT2D eigenvalue weighted by Gasteiger charge is -2.45. The zero-order chi connectivity index (χ0) is 26.8. The molecule has 198 valence electrons. The van der Waals surface area contributed by atoms with Crippen LogP contribution in [0, 0.1) is 11.8 Å². The number of allylic oxidation sites excluding steroid dienone is 4. The van der Waals surface area contributed by atoms with Crippen LogP contribution in [-0.4, -0.2) is 53.5 Å². The third-order valence-corrected chi connectivity index (χ3v) is 8.75. The summed E-state index contributed by atoms with van der Waals surface area (Å²) in [6, 6.07) is 24.5. The molecule has 2 aliphatic carbocycles. The molecule has 0 amide bonds. The van der Waals surface area contributed by atoms with Gasteiger partial charge in [0.2, 0.25) is 0 Å². The van der Waals surface area contributed by atoms with E-state index < -0.39 is 0 Å². The molecule has 3 aromatic rings. The van der Waals surface area contributed by atoms with Gasteiger partial charge in [0.25, 0.3) is 0 Å². The number of hydrogen-bond donors (Lipinski definition) is 0. The standard InChI is InChI=1S/C36H39N3/c1-4-38-21-20-37(25-35-33-16-10-8-14-31(33)23-32-15-9-11-17-34(32)35)26-36(38)27(3)39(5-2)24-28-18-19-29-12-6-7-13-30(29)22-28/h4,6-19,22-23,31,33,36H,1,3,5,20-21,24-26H2,2H3. The Bertz CT molecular complexity index is 1560. The maximum Gasteiger partial charge on any atom is 0.0806 e. The molecular formula is C36H39N3. The second kappa shape index (κ2) is 11.1. The van der Waals surface area contributed by atoms with Crippen molar-refractivity contribution in [1.29, 1.82) is 0 Å². The van der Waals surface area contributed by atoms with Crippen LogP contribution in [0.1, 0.15) is 12.5 Å². The van der Waals surface area contributed by atoms with Gasteiger partial charge >= 0.3 is 0 Å². The first kappa shape index (κ1) is 25.5. The summed E-state index contributed by atoms with van der Waals surface area (Å²) in [6.45, 7) is 16.8. The van der Waals surface area contributed by atoms with Gasteiger partial charge in [0, 0.05) is 56.8 Å². The van der Waals surface area contributed by atoms with Gasteiger partial charge in [-0.2, -0.15) is 0 Å². The van der Waals surface area contributed by atoms with Gasteiger partial charge in [-0.05, 0) is 51.5 Å². The Balaban J connectivity index is 1.23. The van der Waals surface area contributed by atoms with E-state index in [1.165, 1.54) is 32.5 Å². The highest BCUT2D eigenvalue weighted by atomic mass is 15.3. The Kier molecular flexibility index (Phi) is 7.26. The summed E-state index contributed by atoms with van der Waals surface area (Å²) >= 11 is 0. The van der Waals surface area contributed by atoms with Crippen LogP contribution in [0.15, 0.2) is 116 Å². The largest absolute Gasteiger partial charge is 0.370 e. The zero-order valence-electron chi connectivity index (χ0n) is 23.0. The van der Waals surface area contributed by atoms with Crippen LogP contribution >= 0.6 is 0 Å². The molecule has 39 heavy (non-hydrogen) atoms. The molecule has 0 radical (unpaired) electrons. The molecule has 0 N–H and O–H groups in total. The first-order valence-corrected chi connectivity index (χ1v) is 14.3. The molecule has 1 heterocycles. The summed E-state index contributed by atoms with van der Waals surface area (Å²) in [4.78, 5) is 7.47. The summed E-state index contributed by atoms with van der Waals surface area (Å²) in [6.07, 6.45) is 13.6. The summed E-state index contributed by atoms with van der Waals surface area (Å²) in [5, 5.41) is 5.35. The molecule has 3 unspecified atom stereocenters. The van der Waals surface area contributed by atoms with Crippen molar-refractivity contribution in [3.63, 3.8) is 0 Å². The Hall–Kier alpha value is -3.82. The fourth-order valence-corrected chi connectivity index (χ4v) is 6.58. The average Bonchev–Trinajstić information content (AvgIpc) is 2.99. The third kappa shape index (κ3) is 5.12. The van der Waals surface area contributed by atoms with Crippen molar-refractivity contribution in [2.24, 2.45) is 11.8 Å². The van der Waals surface area contributed by atoms with Crippen molar-refractivity contribution in [2.45, 2.75) is 19.5 Å². The van der Waals surface area contributed by atoms with Gasteiger partial charge in [-0.1, -0.05) is 104 Å². The minimum absolute atomic E-state index is 0.209. The lowest BCUT2D eigenvalue weighted by molar-refractivity contribution is 0.119. The van der Waals surface area contributed by atoms with Gasteiger partial charge in [0.1, 0.15) is 0 Å². The number of likely N-dealkylation sites (N-methyl/N-ethyl adjacent to an activating group) is 1. The second-order valence-electron chi connectivity index (χ2n) is 11.0. The molecule has 3 heteroatoms. The number of nitrogens with zero attached hydrogens (tertiary/aromatic N) is 3. The number of rotatable bonds is 8. The number of piperazine rings is 1. The van der Waals surface area contributed by atoms with Crippen molar-refractivity contribution in [3.05, 3.63) is 132 Å². The molecule has 3 nitrogen and oxygen atoms in total. The highest BCUT2D eigenvalue weighted by Gasteiger charge is 2.32. The third-order valence-electron chi connectivity index (χ3n) is 8.75. The molecule has 3 atom stereocenters. The Morgan fingerprint density at radius 2 is 1.77 bits per heavy atom. The molecule has 0 spiro atoms. The molecule has 3 aliphatic rings. The van der Waals surface area contributed by atoms with Gasteiger partial charge < -0.3 is 9.80 Å². The lowest BCUT2D eigenvalue weighted by Crippen LogP contribution is -2.54. The number of benzene rings is 3. The smallest absolute Gasteiger partial charge is 0.0806 e. The van der Waals surface area contributed by atoms with Gasteiger partial charge in [-0.15, -0.1) is 0 Å².